The normalized spacial score (nSPS) is 11.1. The van der Waals surface area contributed by atoms with E-state index in [1.165, 1.54) is 19.6 Å². The van der Waals surface area contributed by atoms with Crippen LogP contribution in [0.4, 0.5) is 5.69 Å². The van der Waals surface area contributed by atoms with Crippen molar-refractivity contribution in [1.82, 2.24) is 4.57 Å². The fraction of sp³-hybridized carbons (Fsp3) is 0.0769. The second-order valence-electron chi connectivity index (χ2n) is 3.97. The Labute approximate surface area is 112 Å². The molecule has 0 aliphatic heterocycles. The van der Waals surface area contributed by atoms with Crippen molar-refractivity contribution in [3.8, 4) is 0 Å². The van der Waals surface area contributed by atoms with Gasteiger partial charge in [-0.2, -0.15) is 0 Å². The number of thiophene rings is 1. The van der Waals surface area contributed by atoms with Crippen molar-refractivity contribution in [2.75, 3.05) is 5.73 Å². The minimum atomic E-state index is 0.814. The van der Waals surface area contributed by atoms with Crippen LogP contribution >= 0.6 is 27.3 Å². The largest absolute Gasteiger partial charge is 0.399 e. The molecule has 1 aromatic carbocycles. The van der Waals surface area contributed by atoms with E-state index in [1.807, 2.05) is 12.1 Å². The van der Waals surface area contributed by atoms with E-state index in [0.29, 0.717) is 0 Å². The second-order valence-corrected chi connectivity index (χ2v) is 6.52. The van der Waals surface area contributed by atoms with E-state index in [1.54, 1.807) is 11.3 Å². The van der Waals surface area contributed by atoms with E-state index in [-0.39, 0.29) is 0 Å². The van der Waals surface area contributed by atoms with Crippen LogP contribution in [0.2, 0.25) is 0 Å². The Hall–Kier alpha value is -1.26. The molecule has 86 valence electrons. The lowest BCUT2D eigenvalue weighted by Gasteiger charge is -2.03. The number of nitrogens with two attached hydrogens (primary N) is 1. The molecule has 0 saturated heterocycles. The third-order valence-corrected chi connectivity index (χ3v) is 4.36. The first kappa shape index (κ1) is 10.9. The topological polar surface area (TPSA) is 30.9 Å². The Morgan fingerprint density at radius 2 is 2.06 bits per heavy atom. The Bertz CT molecular complexity index is 669. The molecule has 2 N–H and O–H groups in total. The van der Waals surface area contributed by atoms with E-state index >= 15 is 0 Å². The van der Waals surface area contributed by atoms with Crippen LogP contribution in [0.25, 0.3) is 10.9 Å². The molecule has 0 unspecified atom stereocenters. The zero-order valence-corrected chi connectivity index (χ0v) is 11.5. The van der Waals surface area contributed by atoms with Gasteiger partial charge in [0, 0.05) is 27.7 Å². The Morgan fingerprint density at radius 1 is 1.18 bits per heavy atom. The lowest BCUT2D eigenvalue weighted by atomic mass is 10.2. The molecule has 3 aromatic rings. The highest BCUT2D eigenvalue weighted by atomic mass is 79.9. The summed E-state index contributed by atoms with van der Waals surface area (Å²) in [7, 11) is 0. The summed E-state index contributed by atoms with van der Waals surface area (Å²) in [6.45, 7) is 0.906. The summed E-state index contributed by atoms with van der Waals surface area (Å²) < 4.78 is 3.42. The monoisotopic (exact) mass is 306 g/mol. The Kier molecular flexibility index (Phi) is 2.68. The fourth-order valence-electron chi connectivity index (χ4n) is 1.96. The standard InChI is InChI=1S/C13H11BrN2S/c14-13-4-2-11(17-13)8-16-6-5-9-7-10(15)1-3-12(9)16/h1-7H,8,15H2. The highest BCUT2D eigenvalue weighted by molar-refractivity contribution is 9.11. The number of anilines is 1. The summed E-state index contributed by atoms with van der Waals surface area (Å²) in [5, 5.41) is 1.20. The van der Waals surface area contributed by atoms with E-state index in [4.69, 9.17) is 5.73 Å². The van der Waals surface area contributed by atoms with Crippen LogP contribution in [0.5, 0.6) is 0 Å². The zero-order chi connectivity index (χ0) is 11.8. The first-order valence-electron chi connectivity index (χ1n) is 5.31. The number of benzene rings is 1. The van der Waals surface area contributed by atoms with E-state index < -0.39 is 0 Å². The molecule has 17 heavy (non-hydrogen) atoms. The van der Waals surface area contributed by atoms with Gasteiger partial charge in [0.1, 0.15) is 0 Å². The predicted molar refractivity (Wildman–Crippen MR) is 77.5 cm³/mol. The van der Waals surface area contributed by atoms with Gasteiger partial charge in [-0.3, -0.25) is 0 Å². The molecular weight excluding hydrogens is 296 g/mol. The SMILES string of the molecule is Nc1ccc2c(ccn2Cc2ccc(Br)s2)c1. The molecule has 0 amide bonds. The lowest BCUT2D eigenvalue weighted by Crippen LogP contribution is -1.95. The molecule has 4 heteroatoms. The average Bonchev–Trinajstić information content (AvgIpc) is 2.86. The maximum absolute atomic E-state index is 5.78. The number of halogens is 1. The first-order chi connectivity index (χ1) is 8.22. The van der Waals surface area contributed by atoms with Crippen LogP contribution < -0.4 is 5.73 Å². The first-order valence-corrected chi connectivity index (χ1v) is 6.92. The van der Waals surface area contributed by atoms with Gasteiger partial charge in [-0.05, 0) is 52.3 Å². The van der Waals surface area contributed by atoms with Crippen LogP contribution in [-0.2, 0) is 6.54 Å². The van der Waals surface area contributed by atoms with Crippen molar-refractivity contribution in [1.29, 1.82) is 0 Å². The molecule has 2 heterocycles. The lowest BCUT2D eigenvalue weighted by molar-refractivity contribution is 0.852. The van der Waals surface area contributed by atoms with Crippen LogP contribution in [0.3, 0.4) is 0 Å². The third-order valence-electron chi connectivity index (χ3n) is 2.75. The smallest absolute Gasteiger partial charge is 0.0702 e. The number of fused-ring (bicyclic) bond motifs is 1. The molecule has 0 saturated carbocycles. The van der Waals surface area contributed by atoms with Gasteiger partial charge in [0.15, 0.2) is 0 Å². The molecule has 0 bridgehead atoms. The van der Waals surface area contributed by atoms with Gasteiger partial charge in [-0.1, -0.05) is 0 Å². The molecule has 2 nitrogen and oxygen atoms in total. The minimum Gasteiger partial charge on any atom is -0.399 e. The van der Waals surface area contributed by atoms with Gasteiger partial charge in [0.05, 0.1) is 10.3 Å². The van der Waals surface area contributed by atoms with Crippen molar-refractivity contribution in [3.05, 3.63) is 51.3 Å². The molecule has 0 atom stereocenters. The molecule has 0 aliphatic carbocycles. The van der Waals surface area contributed by atoms with E-state index in [2.05, 4.69) is 51.0 Å². The highest BCUT2D eigenvalue weighted by Crippen LogP contribution is 2.25. The third kappa shape index (κ3) is 2.10. The van der Waals surface area contributed by atoms with Crippen LogP contribution in [-0.4, -0.2) is 4.57 Å². The number of hydrogen-bond donors (Lipinski definition) is 1. The quantitative estimate of drug-likeness (QED) is 0.710. The van der Waals surface area contributed by atoms with Crippen LogP contribution in [0.1, 0.15) is 4.88 Å². The number of nitrogens with zero attached hydrogens (tertiary/aromatic N) is 1. The van der Waals surface area contributed by atoms with E-state index in [9.17, 15) is 0 Å². The van der Waals surface area contributed by atoms with Gasteiger partial charge >= 0.3 is 0 Å². The van der Waals surface area contributed by atoms with Crippen molar-refractivity contribution >= 4 is 43.9 Å². The van der Waals surface area contributed by atoms with Crippen molar-refractivity contribution in [2.45, 2.75) is 6.54 Å². The predicted octanol–water partition coefficient (Wildman–Crippen LogP) is 4.10. The number of nitrogen functional groups attached to an aromatic ring is 1. The summed E-state index contributed by atoms with van der Waals surface area (Å²) in [4.78, 5) is 1.34. The van der Waals surface area contributed by atoms with Gasteiger partial charge in [0.2, 0.25) is 0 Å². The van der Waals surface area contributed by atoms with Crippen LogP contribution in [0.15, 0.2) is 46.4 Å². The zero-order valence-electron chi connectivity index (χ0n) is 9.06. The molecule has 0 spiro atoms. The highest BCUT2D eigenvalue weighted by Gasteiger charge is 2.03. The van der Waals surface area contributed by atoms with Crippen molar-refractivity contribution in [2.24, 2.45) is 0 Å². The summed E-state index contributed by atoms with van der Waals surface area (Å²) >= 11 is 5.26. The average molecular weight is 307 g/mol. The maximum Gasteiger partial charge on any atom is 0.0702 e. The number of aromatic nitrogens is 1. The molecular formula is C13H11BrN2S. The summed E-state index contributed by atoms with van der Waals surface area (Å²) in [5.41, 5.74) is 7.82. The van der Waals surface area contributed by atoms with Gasteiger partial charge in [-0.25, -0.2) is 0 Å². The maximum atomic E-state index is 5.78. The molecule has 0 fully saturated rings. The minimum absolute atomic E-state index is 0.814. The summed E-state index contributed by atoms with van der Waals surface area (Å²) in [6.07, 6.45) is 2.11. The van der Waals surface area contributed by atoms with Crippen molar-refractivity contribution in [3.63, 3.8) is 0 Å². The second kappa shape index (κ2) is 4.20. The summed E-state index contributed by atoms with van der Waals surface area (Å²) in [6, 6.07) is 12.4. The molecule has 0 aliphatic rings. The van der Waals surface area contributed by atoms with E-state index in [0.717, 1.165) is 12.2 Å². The van der Waals surface area contributed by atoms with Crippen LogP contribution in [0, 0.1) is 0 Å². The molecule has 0 radical (unpaired) electrons. The molecule has 3 rings (SSSR count). The van der Waals surface area contributed by atoms with Gasteiger partial charge < -0.3 is 10.3 Å². The van der Waals surface area contributed by atoms with Gasteiger partial charge in [0.25, 0.3) is 0 Å². The number of rotatable bonds is 2. The number of hydrogen-bond acceptors (Lipinski definition) is 2. The van der Waals surface area contributed by atoms with Crippen molar-refractivity contribution < 1.29 is 0 Å². The summed E-state index contributed by atoms with van der Waals surface area (Å²) in [5.74, 6) is 0. The fourth-order valence-corrected chi connectivity index (χ4v) is 3.44. The Morgan fingerprint density at radius 3 is 2.82 bits per heavy atom. The van der Waals surface area contributed by atoms with Gasteiger partial charge in [-0.15, -0.1) is 11.3 Å². The Balaban J connectivity index is 2.00. The molecule has 2 aromatic heterocycles.